The number of aryl methyl sites for hydroxylation is 1. The minimum Gasteiger partial charge on any atom is -0.348 e. The van der Waals surface area contributed by atoms with Crippen LogP contribution in [0.25, 0.3) is 0 Å². The molecule has 5 heteroatoms. The Bertz CT molecular complexity index is 421. The SMILES string of the molecule is Cc1c(C(C)NC(=O)[C@@H]2CCCCN2)cnn1C. The van der Waals surface area contributed by atoms with Gasteiger partial charge in [0, 0.05) is 18.3 Å². The molecule has 1 unspecified atom stereocenters. The van der Waals surface area contributed by atoms with Crippen LogP contribution in [0.3, 0.4) is 0 Å². The topological polar surface area (TPSA) is 59.0 Å². The van der Waals surface area contributed by atoms with Crippen molar-refractivity contribution in [3.05, 3.63) is 17.5 Å². The van der Waals surface area contributed by atoms with Gasteiger partial charge in [-0.15, -0.1) is 0 Å². The highest BCUT2D eigenvalue weighted by Crippen LogP contribution is 2.16. The van der Waals surface area contributed by atoms with Gasteiger partial charge in [-0.3, -0.25) is 9.48 Å². The first-order valence-corrected chi connectivity index (χ1v) is 6.62. The molecule has 0 aliphatic carbocycles. The third-order valence-corrected chi connectivity index (χ3v) is 3.73. The van der Waals surface area contributed by atoms with E-state index in [0.717, 1.165) is 30.6 Å². The van der Waals surface area contributed by atoms with Gasteiger partial charge in [0.05, 0.1) is 18.3 Å². The van der Waals surface area contributed by atoms with Crippen molar-refractivity contribution >= 4 is 5.91 Å². The van der Waals surface area contributed by atoms with Crippen LogP contribution in [-0.4, -0.2) is 28.3 Å². The predicted molar refractivity (Wildman–Crippen MR) is 70.1 cm³/mol. The van der Waals surface area contributed by atoms with E-state index in [0.29, 0.717) is 0 Å². The summed E-state index contributed by atoms with van der Waals surface area (Å²) in [6.45, 7) is 4.97. The fourth-order valence-corrected chi connectivity index (χ4v) is 2.41. The summed E-state index contributed by atoms with van der Waals surface area (Å²) in [7, 11) is 1.91. The molecule has 1 fully saturated rings. The largest absolute Gasteiger partial charge is 0.348 e. The number of hydrogen-bond donors (Lipinski definition) is 2. The monoisotopic (exact) mass is 250 g/mol. The van der Waals surface area contributed by atoms with Crippen molar-refractivity contribution in [2.45, 2.75) is 45.2 Å². The van der Waals surface area contributed by atoms with Gasteiger partial charge in [-0.25, -0.2) is 0 Å². The van der Waals surface area contributed by atoms with Crippen molar-refractivity contribution < 1.29 is 4.79 Å². The number of piperidine rings is 1. The smallest absolute Gasteiger partial charge is 0.237 e. The minimum absolute atomic E-state index is 0.00919. The zero-order valence-electron chi connectivity index (χ0n) is 11.4. The highest BCUT2D eigenvalue weighted by Gasteiger charge is 2.23. The second kappa shape index (κ2) is 5.52. The first kappa shape index (κ1) is 13.1. The van der Waals surface area contributed by atoms with Crippen LogP contribution in [-0.2, 0) is 11.8 Å². The normalized spacial score (nSPS) is 21.6. The number of nitrogens with one attached hydrogen (secondary N) is 2. The second-order valence-electron chi connectivity index (χ2n) is 5.04. The highest BCUT2D eigenvalue weighted by molar-refractivity contribution is 5.82. The Hall–Kier alpha value is -1.36. The number of carbonyl (C=O) groups is 1. The third-order valence-electron chi connectivity index (χ3n) is 3.73. The van der Waals surface area contributed by atoms with Crippen LogP contribution >= 0.6 is 0 Å². The van der Waals surface area contributed by atoms with Crippen LogP contribution < -0.4 is 10.6 Å². The van der Waals surface area contributed by atoms with E-state index in [1.165, 1.54) is 6.42 Å². The summed E-state index contributed by atoms with van der Waals surface area (Å²) in [4.78, 5) is 12.1. The number of amides is 1. The fourth-order valence-electron chi connectivity index (χ4n) is 2.41. The van der Waals surface area contributed by atoms with E-state index in [2.05, 4.69) is 15.7 Å². The summed E-state index contributed by atoms with van der Waals surface area (Å²) >= 11 is 0. The molecule has 0 saturated carbocycles. The van der Waals surface area contributed by atoms with Gasteiger partial charge in [-0.05, 0) is 33.2 Å². The summed E-state index contributed by atoms with van der Waals surface area (Å²) in [5.74, 6) is 0.102. The van der Waals surface area contributed by atoms with Crippen LogP contribution in [0, 0.1) is 6.92 Å². The average Bonchev–Trinajstić information content (AvgIpc) is 2.71. The number of aromatic nitrogens is 2. The molecule has 0 aromatic carbocycles. The number of nitrogens with zero attached hydrogens (tertiary/aromatic N) is 2. The Labute approximate surface area is 108 Å². The Morgan fingerprint density at radius 2 is 2.39 bits per heavy atom. The molecule has 0 radical (unpaired) electrons. The summed E-state index contributed by atoms with van der Waals surface area (Å²) in [5.41, 5.74) is 2.18. The molecular formula is C13H22N4O. The Balaban J connectivity index is 1.96. The second-order valence-corrected chi connectivity index (χ2v) is 5.04. The van der Waals surface area contributed by atoms with E-state index in [4.69, 9.17) is 0 Å². The Morgan fingerprint density at radius 1 is 1.61 bits per heavy atom. The van der Waals surface area contributed by atoms with Gasteiger partial charge < -0.3 is 10.6 Å². The van der Waals surface area contributed by atoms with E-state index in [-0.39, 0.29) is 18.0 Å². The van der Waals surface area contributed by atoms with Gasteiger partial charge in [0.2, 0.25) is 5.91 Å². The maximum Gasteiger partial charge on any atom is 0.237 e. The van der Waals surface area contributed by atoms with Gasteiger partial charge >= 0.3 is 0 Å². The van der Waals surface area contributed by atoms with E-state index in [1.807, 2.05) is 31.8 Å². The molecule has 2 heterocycles. The Morgan fingerprint density at radius 3 is 2.94 bits per heavy atom. The summed E-state index contributed by atoms with van der Waals surface area (Å²) in [5, 5.41) is 10.5. The first-order chi connectivity index (χ1) is 8.59. The standard InChI is InChI=1S/C13H22N4O/c1-9(11-8-15-17(3)10(11)2)16-13(18)12-6-4-5-7-14-12/h8-9,12,14H,4-7H2,1-3H3,(H,16,18)/t9?,12-/m0/s1. The van der Waals surface area contributed by atoms with Crippen molar-refractivity contribution in [3.8, 4) is 0 Å². The maximum absolute atomic E-state index is 12.1. The lowest BCUT2D eigenvalue weighted by Crippen LogP contribution is -2.47. The predicted octanol–water partition coefficient (Wildman–Crippen LogP) is 1.05. The molecule has 18 heavy (non-hydrogen) atoms. The number of hydrogen-bond acceptors (Lipinski definition) is 3. The quantitative estimate of drug-likeness (QED) is 0.843. The zero-order chi connectivity index (χ0) is 13.1. The van der Waals surface area contributed by atoms with E-state index in [9.17, 15) is 4.79 Å². The van der Waals surface area contributed by atoms with Crippen molar-refractivity contribution in [1.82, 2.24) is 20.4 Å². The van der Waals surface area contributed by atoms with Gasteiger partial charge in [-0.2, -0.15) is 5.10 Å². The van der Waals surface area contributed by atoms with E-state index < -0.39 is 0 Å². The average molecular weight is 250 g/mol. The van der Waals surface area contributed by atoms with Gasteiger partial charge in [0.15, 0.2) is 0 Å². The third kappa shape index (κ3) is 2.72. The first-order valence-electron chi connectivity index (χ1n) is 6.62. The number of rotatable bonds is 3. The van der Waals surface area contributed by atoms with Crippen LogP contribution in [0.5, 0.6) is 0 Å². The lowest BCUT2D eigenvalue weighted by molar-refractivity contribution is -0.124. The summed E-state index contributed by atoms with van der Waals surface area (Å²) < 4.78 is 1.83. The maximum atomic E-state index is 12.1. The summed E-state index contributed by atoms with van der Waals surface area (Å²) in [6.07, 6.45) is 5.06. The molecule has 1 amide bonds. The molecule has 1 aromatic heterocycles. The minimum atomic E-state index is -0.0295. The molecule has 1 aliphatic heterocycles. The molecule has 2 N–H and O–H groups in total. The van der Waals surface area contributed by atoms with Gasteiger partial charge in [-0.1, -0.05) is 6.42 Å². The summed E-state index contributed by atoms with van der Waals surface area (Å²) in [6, 6.07) is -0.0203. The number of carbonyl (C=O) groups excluding carboxylic acids is 1. The molecule has 1 saturated heterocycles. The van der Waals surface area contributed by atoms with Crippen molar-refractivity contribution in [2.75, 3.05) is 6.54 Å². The van der Waals surface area contributed by atoms with Gasteiger partial charge in [0.25, 0.3) is 0 Å². The molecular weight excluding hydrogens is 228 g/mol. The molecule has 2 rings (SSSR count). The molecule has 100 valence electrons. The zero-order valence-corrected chi connectivity index (χ0v) is 11.4. The molecule has 1 aromatic rings. The molecule has 2 atom stereocenters. The van der Waals surface area contributed by atoms with Crippen molar-refractivity contribution in [1.29, 1.82) is 0 Å². The molecule has 0 spiro atoms. The molecule has 0 bridgehead atoms. The fraction of sp³-hybridized carbons (Fsp3) is 0.692. The van der Waals surface area contributed by atoms with E-state index in [1.54, 1.807) is 0 Å². The van der Waals surface area contributed by atoms with Crippen LogP contribution in [0.1, 0.15) is 43.5 Å². The van der Waals surface area contributed by atoms with Crippen LogP contribution in [0.15, 0.2) is 6.20 Å². The molecule has 5 nitrogen and oxygen atoms in total. The van der Waals surface area contributed by atoms with Crippen molar-refractivity contribution in [3.63, 3.8) is 0 Å². The lowest BCUT2D eigenvalue weighted by atomic mass is 10.0. The van der Waals surface area contributed by atoms with Crippen LogP contribution in [0.2, 0.25) is 0 Å². The Kier molecular flexibility index (Phi) is 4.01. The lowest BCUT2D eigenvalue weighted by Gasteiger charge is -2.24. The van der Waals surface area contributed by atoms with E-state index >= 15 is 0 Å². The highest BCUT2D eigenvalue weighted by atomic mass is 16.2. The molecule has 1 aliphatic rings. The van der Waals surface area contributed by atoms with Crippen molar-refractivity contribution in [2.24, 2.45) is 7.05 Å². The van der Waals surface area contributed by atoms with Crippen LogP contribution in [0.4, 0.5) is 0 Å². The van der Waals surface area contributed by atoms with Gasteiger partial charge in [0.1, 0.15) is 0 Å².